The Morgan fingerprint density at radius 3 is 2.75 bits per heavy atom. The number of rotatable bonds is 3. The number of ether oxygens (including phenoxy) is 1. The Kier molecular flexibility index (Phi) is 2.90. The molecule has 0 bridgehead atoms. The standard InChI is InChI=1S/C12H15N3O/c1-9(2)16-11-6-4-5-10(7-11)12-14-13-8-15(12)3/h4-9H,1-3H3. The van der Waals surface area contributed by atoms with E-state index in [2.05, 4.69) is 10.2 Å². The molecule has 0 amide bonds. The zero-order valence-corrected chi connectivity index (χ0v) is 9.71. The van der Waals surface area contributed by atoms with Crippen LogP contribution in [0.15, 0.2) is 30.6 Å². The summed E-state index contributed by atoms with van der Waals surface area (Å²) in [4.78, 5) is 0. The van der Waals surface area contributed by atoms with Crippen LogP contribution in [0.5, 0.6) is 5.75 Å². The quantitative estimate of drug-likeness (QED) is 0.791. The van der Waals surface area contributed by atoms with Gasteiger partial charge in [0.15, 0.2) is 5.82 Å². The summed E-state index contributed by atoms with van der Waals surface area (Å²) in [5.74, 6) is 1.70. The summed E-state index contributed by atoms with van der Waals surface area (Å²) < 4.78 is 7.52. The predicted octanol–water partition coefficient (Wildman–Crippen LogP) is 2.27. The maximum absolute atomic E-state index is 5.64. The van der Waals surface area contributed by atoms with Crippen LogP contribution in [0.4, 0.5) is 0 Å². The summed E-state index contributed by atoms with van der Waals surface area (Å²) in [5.41, 5.74) is 1.01. The SMILES string of the molecule is CC(C)Oc1cccc(-c2nncn2C)c1. The molecule has 0 fully saturated rings. The van der Waals surface area contributed by atoms with Gasteiger partial charge in [-0.2, -0.15) is 0 Å². The number of aromatic nitrogens is 3. The van der Waals surface area contributed by atoms with Gasteiger partial charge in [0.05, 0.1) is 6.10 Å². The van der Waals surface area contributed by atoms with Crippen LogP contribution in [0.2, 0.25) is 0 Å². The Morgan fingerprint density at radius 2 is 2.12 bits per heavy atom. The third-order valence-electron chi connectivity index (χ3n) is 2.18. The van der Waals surface area contributed by atoms with Gasteiger partial charge in [0, 0.05) is 12.6 Å². The van der Waals surface area contributed by atoms with Gasteiger partial charge in [-0.3, -0.25) is 0 Å². The Labute approximate surface area is 94.9 Å². The molecule has 4 nitrogen and oxygen atoms in total. The largest absolute Gasteiger partial charge is 0.491 e. The number of aryl methyl sites for hydroxylation is 1. The summed E-state index contributed by atoms with van der Waals surface area (Å²) >= 11 is 0. The Hall–Kier alpha value is -1.84. The molecule has 1 aromatic carbocycles. The molecule has 0 aliphatic carbocycles. The molecule has 1 heterocycles. The van der Waals surface area contributed by atoms with E-state index in [1.54, 1.807) is 6.33 Å². The van der Waals surface area contributed by atoms with Crippen molar-refractivity contribution in [2.24, 2.45) is 7.05 Å². The summed E-state index contributed by atoms with van der Waals surface area (Å²) in [5, 5.41) is 7.92. The van der Waals surface area contributed by atoms with Crippen molar-refractivity contribution in [3.05, 3.63) is 30.6 Å². The highest BCUT2D eigenvalue weighted by molar-refractivity contribution is 5.57. The molecule has 0 saturated heterocycles. The molecule has 0 atom stereocenters. The number of nitrogens with zero attached hydrogens (tertiary/aromatic N) is 3. The highest BCUT2D eigenvalue weighted by Gasteiger charge is 2.06. The maximum atomic E-state index is 5.64. The highest BCUT2D eigenvalue weighted by atomic mass is 16.5. The second kappa shape index (κ2) is 4.35. The van der Waals surface area contributed by atoms with E-state index in [1.807, 2.05) is 49.7 Å². The van der Waals surface area contributed by atoms with Crippen molar-refractivity contribution in [3.63, 3.8) is 0 Å². The second-order valence-corrected chi connectivity index (χ2v) is 3.96. The van der Waals surface area contributed by atoms with Crippen molar-refractivity contribution >= 4 is 0 Å². The molecule has 0 aliphatic heterocycles. The van der Waals surface area contributed by atoms with Gasteiger partial charge in [-0.1, -0.05) is 12.1 Å². The molecule has 0 unspecified atom stereocenters. The van der Waals surface area contributed by atoms with Crippen LogP contribution in [-0.4, -0.2) is 20.9 Å². The minimum atomic E-state index is 0.176. The topological polar surface area (TPSA) is 39.9 Å². The molecular formula is C12H15N3O. The summed E-state index contributed by atoms with van der Waals surface area (Å²) in [6.07, 6.45) is 1.86. The first-order valence-electron chi connectivity index (χ1n) is 5.28. The van der Waals surface area contributed by atoms with Gasteiger partial charge in [-0.25, -0.2) is 0 Å². The third kappa shape index (κ3) is 2.21. The lowest BCUT2D eigenvalue weighted by molar-refractivity contribution is 0.242. The molecule has 16 heavy (non-hydrogen) atoms. The Morgan fingerprint density at radius 1 is 1.31 bits per heavy atom. The van der Waals surface area contributed by atoms with E-state index in [-0.39, 0.29) is 6.10 Å². The van der Waals surface area contributed by atoms with Gasteiger partial charge in [0.2, 0.25) is 0 Å². The van der Waals surface area contributed by atoms with E-state index in [0.29, 0.717) is 0 Å². The Bertz CT molecular complexity index is 477. The molecule has 2 rings (SSSR count). The minimum absolute atomic E-state index is 0.176. The second-order valence-electron chi connectivity index (χ2n) is 3.96. The van der Waals surface area contributed by atoms with E-state index < -0.39 is 0 Å². The average molecular weight is 217 g/mol. The summed E-state index contributed by atoms with van der Waals surface area (Å²) in [7, 11) is 1.92. The zero-order chi connectivity index (χ0) is 11.5. The van der Waals surface area contributed by atoms with Gasteiger partial charge >= 0.3 is 0 Å². The molecule has 4 heteroatoms. The van der Waals surface area contributed by atoms with Crippen molar-refractivity contribution in [1.29, 1.82) is 0 Å². The van der Waals surface area contributed by atoms with Gasteiger partial charge in [0.25, 0.3) is 0 Å². The van der Waals surface area contributed by atoms with Crippen LogP contribution >= 0.6 is 0 Å². The monoisotopic (exact) mass is 217 g/mol. The highest BCUT2D eigenvalue weighted by Crippen LogP contribution is 2.22. The fourth-order valence-corrected chi connectivity index (χ4v) is 1.53. The maximum Gasteiger partial charge on any atom is 0.163 e. The minimum Gasteiger partial charge on any atom is -0.491 e. The first kappa shape index (κ1) is 10.7. The number of hydrogen-bond acceptors (Lipinski definition) is 3. The van der Waals surface area contributed by atoms with Crippen LogP contribution in [0.25, 0.3) is 11.4 Å². The van der Waals surface area contributed by atoms with Crippen molar-refractivity contribution in [1.82, 2.24) is 14.8 Å². The summed E-state index contributed by atoms with van der Waals surface area (Å²) in [6, 6.07) is 7.88. The van der Waals surface area contributed by atoms with E-state index >= 15 is 0 Å². The van der Waals surface area contributed by atoms with Gasteiger partial charge in [0.1, 0.15) is 12.1 Å². The van der Waals surface area contributed by atoms with Crippen molar-refractivity contribution in [3.8, 4) is 17.1 Å². The van der Waals surface area contributed by atoms with Crippen LogP contribution in [0.1, 0.15) is 13.8 Å². The van der Waals surface area contributed by atoms with Gasteiger partial charge in [-0.15, -0.1) is 10.2 Å². The first-order valence-corrected chi connectivity index (χ1v) is 5.28. The zero-order valence-electron chi connectivity index (χ0n) is 9.71. The molecule has 0 aliphatic rings. The summed E-state index contributed by atoms with van der Waals surface area (Å²) in [6.45, 7) is 4.02. The Balaban J connectivity index is 2.33. The smallest absolute Gasteiger partial charge is 0.163 e. The van der Waals surface area contributed by atoms with Crippen LogP contribution in [0, 0.1) is 0 Å². The van der Waals surface area contributed by atoms with Crippen molar-refractivity contribution in [2.45, 2.75) is 20.0 Å². The molecule has 2 aromatic rings. The molecule has 1 aromatic heterocycles. The van der Waals surface area contributed by atoms with Gasteiger partial charge in [-0.05, 0) is 26.0 Å². The fourth-order valence-electron chi connectivity index (χ4n) is 1.53. The molecule has 0 saturated carbocycles. The number of benzene rings is 1. The molecule has 0 spiro atoms. The average Bonchev–Trinajstić information content (AvgIpc) is 2.64. The molecule has 0 N–H and O–H groups in total. The lowest BCUT2D eigenvalue weighted by atomic mass is 10.2. The van der Waals surface area contributed by atoms with E-state index in [1.165, 1.54) is 0 Å². The first-order chi connectivity index (χ1) is 7.66. The molecule has 84 valence electrons. The van der Waals surface area contributed by atoms with Gasteiger partial charge < -0.3 is 9.30 Å². The fraction of sp³-hybridized carbons (Fsp3) is 0.333. The van der Waals surface area contributed by atoms with Crippen LogP contribution in [-0.2, 0) is 7.05 Å². The normalized spacial score (nSPS) is 10.8. The third-order valence-corrected chi connectivity index (χ3v) is 2.18. The van der Waals surface area contributed by atoms with Crippen molar-refractivity contribution < 1.29 is 4.74 Å². The van der Waals surface area contributed by atoms with E-state index in [9.17, 15) is 0 Å². The molecular weight excluding hydrogens is 202 g/mol. The van der Waals surface area contributed by atoms with E-state index in [4.69, 9.17) is 4.74 Å². The van der Waals surface area contributed by atoms with Crippen LogP contribution in [0.3, 0.4) is 0 Å². The van der Waals surface area contributed by atoms with Crippen LogP contribution < -0.4 is 4.74 Å². The lowest BCUT2D eigenvalue weighted by Gasteiger charge is -2.10. The number of hydrogen-bond donors (Lipinski definition) is 0. The van der Waals surface area contributed by atoms with E-state index in [0.717, 1.165) is 17.1 Å². The predicted molar refractivity (Wildman–Crippen MR) is 62.2 cm³/mol. The lowest BCUT2D eigenvalue weighted by Crippen LogP contribution is -2.05. The molecule has 0 radical (unpaired) electrons. The van der Waals surface area contributed by atoms with Crippen molar-refractivity contribution in [2.75, 3.05) is 0 Å².